The molecule has 2 fully saturated rings. The predicted octanol–water partition coefficient (Wildman–Crippen LogP) is 2.35. The number of hydrogen-bond acceptors (Lipinski definition) is 4. The molecule has 3 aliphatic heterocycles. The molecule has 0 aliphatic carbocycles. The zero-order chi connectivity index (χ0) is 20.7. The SMILES string of the molecule is O=C(c1ccc(S(=O)(=O)N2CCCC2)cc1)N1CC(N2CCc3ccccc3C2)C1. The van der Waals surface area contributed by atoms with E-state index in [0.717, 1.165) is 45.4 Å². The average molecular weight is 426 g/mol. The molecule has 1 amide bonds. The van der Waals surface area contributed by atoms with Crippen LogP contribution in [0.2, 0.25) is 0 Å². The summed E-state index contributed by atoms with van der Waals surface area (Å²) in [4.78, 5) is 17.4. The highest BCUT2D eigenvalue weighted by molar-refractivity contribution is 7.89. The molecule has 2 aromatic carbocycles. The Labute approximate surface area is 178 Å². The molecule has 158 valence electrons. The molecule has 30 heavy (non-hydrogen) atoms. The molecular formula is C23H27N3O3S. The second-order valence-corrected chi connectivity index (χ2v) is 10.4. The Kier molecular flexibility index (Phi) is 5.13. The summed E-state index contributed by atoms with van der Waals surface area (Å²) in [5.41, 5.74) is 3.38. The van der Waals surface area contributed by atoms with Gasteiger partial charge in [0.25, 0.3) is 5.91 Å². The number of rotatable bonds is 4. The second-order valence-electron chi connectivity index (χ2n) is 8.49. The van der Waals surface area contributed by atoms with E-state index >= 15 is 0 Å². The Morgan fingerprint density at radius 3 is 2.23 bits per heavy atom. The topological polar surface area (TPSA) is 60.9 Å². The van der Waals surface area contributed by atoms with E-state index in [2.05, 4.69) is 29.2 Å². The van der Waals surface area contributed by atoms with Crippen molar-refractivity contribution < 1.29 is 13.2 Å². The molecule has 0 N–H and O–H groups in total. The normalized spacial score (nSPS) is 20.7. The number of fused-ring (bicyclic) bond motifs is 1. The van der Waals surface area contributed by atoms with E-state index in [1.165, 1.54) is 15.4 Å². The van der Waals surface area contributed by atoms with Gasteiger partial charge in [0, 0.05) is 50.9 Å². The maximum atomic E-state index is 12.8. The third-order valence-electron chi connectivity index (χ3n) is 6.63. The fraction of sp³-hybridized carbons (Fsp3) is 0.435. The molecule has 3 aliphatic rings. The van der Waals surface area contributed by atoms with Crippen molar-refractivity contribution in [2.75, 3.05) is 32.7 Å². The molecular weight excluding hydrogens is 398 g/mol. The largest absolute Gasteiger partial charge is 0.335 e. The van der Waals surface area contributed by atoms with Gasteiger partial charge < -0.3 is 4.90 Å². The highest BCUT2D eigenvalue weighted by Gasteiger charge is 2.36. The fourth-order valence-electron chi connectivity index (χ4n) is 4.71. The molecule has 6 nitrogen and oxygen atoms in total. The monoisotopic (exact) mass is 425 g/mol. The second kappa shape index (κ2) is 7.80. The smallest absolute Gasteiger partial charge is 0.253 e. The molecule has 0 atom stereocenters. The van der Waals surface area contributed by atoms with Gasteiger partial charge in [-0.25, -0.2) is 8.42 Å². The minimum atomic E-state index is -3.44. The van der Waals surface area contributed by atoms with E-state index in [4.69, 9.17) is 0 Å². The number of hydrogen-bond donors (Lipinski definition) is 0. The molecule has 0 radical (unpaired) electrons. The van der Waals surface area contributed by atoms with Crippen molar-refractivity contribution in [1.29, 1.82) is 0 Å². The zero-order valence-electron chi connectivity index (χ0n) is 17.0. The summed E-state index contributed by atoms with van der Waals surface area (Å²) in [6.45, 7) is 4.61. The van der Waals surface area contributed by atoms with Crippen molar-refractivity contribution in [1.82, 2.24) is 14.1 Å². The Balaban J connectivity index is 1.20. The van der Waals surface area contributed by atoms with Gasteiger partial charge in [0.1, 0.15) is 0 Å². The third kappa shape index (κ3) is 3.55. The Bertz CT molecular complexity index is 1040. The van der Waals surface area contributed by atoms with Gasteiger partial charge in [-0.05, 0) is 54.7 Å². The molecule has 5 rings (SSSR count). The van der Waals surface area contributed by atoms with Crippen LogP contribution < -0.4 is 0 Å². The van der Waals surface area contributed by atoms with Crippen LogP contribution in [0.15, 0.2) is 53.4 Å². The number of carbonyl (C=O) groups excluding carboxylic acids is 1. The minimum Gasteiger partial charge on any atom is -0.335 e. The number of sulfonamides is 1. The lowest BCUT2D eigenvalue weighted by atomic mass is 9.96. The van der Waals surface area contributed by atoms with Crippen molar-refractivity contribution in [3.8, 4) is 0 Å². The van der Waals surface area contributed by atoms with Gasteiger partial charge in [-0.1, -0.05) is 24.3 Å². The Hall–Kier alpha value is -2.22. The number of likely N-dealkylation sites (tertiary alicyclic amines) is 1. The molecule has 0 spiro atoms. The summed E-state index contributed by atoms with van der Waals surface area (Å²) in [5.74, 6) is -0.0196. The molecule has 2 saturated heterocycles. The molecule has 3 heterocycles. The van der Waals surface area contributed by atoms with Crippen LogP contribution in [-0.4, -0.2) is 67.2 Å². The average Bonchev–Trinajstić information content (AvgIpc) is 3.28. The lowest BCUT2D eigenvalue weighted by Gasteiger charge is -2.47. The quantitative estimate of drug-likeness (QED) is 0.755. The summed E-state index contributed by atoms with van der Waals surface area (Å²) in [6, 6.07) is 15.4. The lowest BCUT2D eigenvalue weighted by molar-refractivity contribution is 0.0218. The van der Waals surface area contributed by atoms with Crippen LogP contribution in [0, 0.1) is 0 Å². The van der Waals surface area contributed by atoms with Crippen molar-refractivity contribution in [2.24, 2.45) is 0 Å². The first-order valence-corrected chi connectivity index (χ1v) is 12.2. The maximum Gasteiger partial charge on any atom is 0.253 e. The van der Waals surface area contributed by atoms with Crippen LogP contribution in [0.1, 0.15) is 34.3 Å². The minimum absolute atomic E-state index is 0.0196. The Morgan fingerprint density at radius 2 is 1.53 bits per heavy atom. The predicted molar refractivity (Wildman–Crippen MR) is 115 cm³/mol. The van der Waals surface area contributed by atoms with Gasteiger partial charge >= 0.3 is 0 Å². The fourth-order valence-corrected chi connectivity index (χ4v) is 6.23. The van der Waals surface area contributed by atoms with E-state index in [1.807, 2.05) is 4.90 Å². The molecule has 7 heteroatoms. The van der Waals surface area contributed by atoms with Crippen LogP contribution in [-0.2, 0) is 23.0 Å². The number of carbonyl (C=O) groups is 1. The van der Waals surface area contributed by atoms with Crippen molar-refractivity contribution in [3.05, 3.63) is 65.2 Å². The van der Waals surface area contributed by atoms with Gasteiger partial charge in [-0.15, -0.1) is 0 Å². The maximum absolute atomic E-state index is 12.8. The summed E-state index contributed by atoms with van der Waals surface area (Å²) in [7, 11) is -3.44. The first kappa shape index (κ1) is 19.7. The van der Waals surface area contributed by atoms with E-state index in [-0.39, 0.29) is 10.8 Å². The van der Waals surface area contributed by atoms with E-state index in [9.17, 15) is 13.2 Å². The van der Waals surface area contributed by atoms with Crippen LogP contribution in [0.5, 0.6) is 0 Å². The van der Waals surface area contributed by atoms with Gasteiger partial charge in [0.15, 0.2) is 0 Å². The third-order valence-corrected chi connectivity index (χ3v) is 8.54. The molecule has 0 saturated carbocycles. The molecule has 0 bridgehead atoms. The van der Waals surface area contributed by atoms with Gasteiger partial charge in [-0.2, -0.15) is 4.31 Å². The van der Waals surface area contributed by atoms with Crippen LogP contribution in [0.3, 0.4) is 0 Å². The van der Waals surface area contributed by atoms with Crippen LogP contribution in [0.4, 0.5) is 0 Å². The first-order chi connectivity index (χ1) is 14.5. The number of nitrogens with zero attached hydrogens (tertiary/aromatic N) is 3. The van der Waals surface area contributed by atoms with Crippen molar-refractivity contribution >= 4 is 15.9 Å². The van der Waals surface area contributed by atoms with Crippen molar-refractivity contribution in [3.63, 3.8) is 0 Å². The number of amides is 1. The zero-order valence-corrected chi connectivity index (χ0v) is 17.9. The van der Waals surface area contributed by atoms with Gasteiger partial charge in [-0.3, -0.25) is 9.69 Å². The molecule has 0 unspecified atom stereocenters. The van der Waals surface area contributed by atoms with Crippen LogP contribution >= 0.6 is 0 Å². The first-order valence-electron chi connectivity index (χ1n) is 10.7. The van der Waals surface area contributed by atoms with E-state index in [1.54, 1.807) is 24.3 Å². The van der Waals surface area contributed by atoms with E-state index in [0.29, 0.717) is 24.7 Å². The highest BCUT2D eigenvalue weighted by atomic mass is 32.2. The summed E-state index contributed by atoms with van der Waals surface area (Å²) in [5, 5.41) is 0. The van der Waals surface area contributed by atoms with Gasteiger partial charge in [0.05, 0.1) is 4.90 Å². The highest BCUT2D eigenvalue weighted by Crippen LogP contribution is 2.26. The molecule has 0 aromatic heterocycles. The Morgan fingerprint density at radius 1 is 0.867 bits per heavy atom. The summed E-state index contributed by atoms with van der Waals surface area (Å²) >= 11 is 0. The van der Waals surface area contributed by atoms with Crippen molar-refractivity contribution in [2.45, 2.75) is 36.7 Å². The lowest BCUT2D eigenvalue weighted by Crippen LogP contribution is -2.61. The summed E-state index contributed by atoms with van der Waals surface area (Å²) in [6.07, 6.45) is 2.89. The summed E-state index contributed by atoms with van der Waals surface area (Å²) < 4.78 is 26.8. The van der Waals surface area contributed by atoms with E-state index < -0.39 is 10.0 Å². The molecule has 2 aromatic rings. The van der Waals surface area contributed by atoms with Crippen LogP contribution in [0.25, 0.3) is 0 Å². The standard InChI is InChI=1S/C23H27N3O3S/c27-23(19-7-9-22(10-8-19)30(28,29)26-12-3-4-13-26)25-16-21(17-25)24-14-11-18-5-1-2-6-20(18)15-24/h1-2,5-10,21H,3-4,11-17H2. The van der Waals surface area contributed by atoms with Gasteiger partial charge in [0.2, 0.25) is 10.0 Å². The number of benzene rings is 2.